The predicted molar refractivity (Wildman–Crippen MR) is 71.6 cm³/mol. The maximum atomic E-state index is 13.3. The van der Waals surface area contributed by atoms with Crippen LogP contribution in [0.25, 0.3) is 11.1 Å². The lowest BCUT2D eigenvalue weighted by Crippen LogP contribution is -2.07. The minimum absolute atomic E-state index is 0.340. The molecule has 0 amide bonds. The van der Waals surface area contributed by atoms with Crippen LogP contribution < -0.4 is 4.90 Å². The number of aldehydes is 1. The minimum Gasteiger partial charge on any atom is -0.378 e. The van der Waals surface area contributed by atoms with E-state index in [2.05, 4.69) is 0 Å². The van der Waals surface area contributed by atoms with Crippen LogP contribution in [0.5, 0.6) is 0 Å². The van der Waals surface area contributed by atoms with Gasteiger partial charge in [0.25, 0.3) is 0 Å². The number of carbonyl (C=O) groups excluding carboxylic acids is 1. The zero-order valence-electron chi connectivity index (χ0n) is 10.4. The maximum absolute atomic E-state index is 13.3. The van der Waals surface area contributed by atoms with Gasteiger partial charge in [0.05, 0.1) is 0 Å². The third-order valence-corrected chi connectivity index (χ3v) is 2.84. The summed E-state index contributed by atoms with van der Waals surface area (Å²) in [6.07, 6.45) is 0.745. The molecule has 0 fully saturated rings. The van der Waals surface area contributed by atoms with E-state index in [0.29, 0.717) is 11.1 Å². The van der Waals surface area contributed by atoms with Crippen LogP contribution in [0.2, 0.25) is 0 Å². The van der Waals surface area contributed by atoms with E-state index in [9.17, 15) is 9.18 Å². The largest absolute Gasteiger partial charge is 0.378 e. The van der Waals surface area contributed by atoms with Crippen molar-refractivity contribution in [3.8, 4) is 11.1 Å². The summed E-state index contributed by atoms with van der Waals surface area (Å²) in [5.74, 6) is -0.340. The molecular formula is C15H14FNO. The van der Waals surface area contributed by atoms with Crippen molar-refractivity contribution in [3.05, 3.63) is 53.8 Å². The van der Waals surface area contributed by atoms with E-state index in [1.165, 1.54) is 18.2 Å². The molecule has 92 valence electrons. The molecule has 0 radical (unpaired) electrons. The van der Waals surface area contributed by atoms with Gasteiger partial charge in [-0.15, -0.1) is 0 Å². The van der Waals surface area contributed by atoms with Crippen LogP contribution in [0.1, 0.15) is 10.4 Å². The fraction of sp³-hybridized carbons (Fsp3) is 0.133. The molecule has 0 aliphatic rings. The zero-order valence-corrected chi connectivity index (χ0v) is 10.4. The molecule has 0 bridgehead atoms. The smallest absolute Gasteiger partial charge is 0.150 e. The summed E-state index contributed by atoms with van der Waals surface area (Å²) in [5.41, 5.74) is 3.01. The van der Waals surface area contributed by atoms with Gasteiger partial charge in [-0.2, -0.15) is 0 Å². The molecule has 0 aliphatic carbocycles. The fourth-order valence-electron chi connectivity index (χ4n) is 1.82. The van der Waals surface area contributed by atoms with Crippen LogP contribution in [0.15, 0.2) is 42.5 Å². The molecule has 0 N–H and O–H groups in total. The molecule has 0 aliphatic heterocycles. The van der Waals surface area contributed by atoms with E-state index in [4.69, 9.17) is 0 Å². The van der Waals surface area contributed by atoms with Crippen LogP contribution in [0, 0.1) is 5.82 Å². The summed E-state index contributed by atoms with van der Waals surface area (Å²) < 4.78 is 13.3. The Balaban J connectivity index is 2.48. The Morgan fingerprint density at radius 2 is 1.72 bits per heavy atom. The van der Waals surface area contributed by atoms with Gasteiger partial charge >= 0.3 is 0 Å². The van der Waals surface area contributed by atoms with Crippen LogP contribution in [0.3, 0.4) is 0 Å². The van der Waals surface area contributed by atoms with Crippen LogP contribution >= 0.6 is 0 Å². The first-order valence-corrected chi connectivity index (χ1v) is 5.64. The number of hydrogen-bond donors (Lipinski definition) is 0. The summed E-state index contributed by atoms with van der Waals surface area (Å²) in [4.78, 5) is 12.9. The monoisotopic (exact) mass is 243 g/mol. The van der Waals surface area contributed by atoms with Crippen molar-refractivity contribution in [2.45, 2.75) is 0 Å². The number of halogens is 1. The molecule has 0 heterocycles. The molecule has 18 heavy (non-hydrogen) atoms. The lowest BCUT2D eigenvalue weighted by molar-refractivity contribution is 0.112. The highest BCUT2D eigenvalue weighted by Gasteiger charge is 2.06. The van der Waals surface area contributed by atoms with Crippen molar-refractivity contribution in [1.82, 2.24) is 0 Å². The molecule has 3 heteroatoms. The second-order valence-corrected chi connectivity index (χ2v) is 4.29. The fourth-order valence-corrected chi connectivity index (χ4v) is 1.82. The number of carbonyl (C=O) groups is 1. The van der Waals surface area contributed by atoms with Crippen molar-refractivity contribution in [3.63, 3.8) is 0 Å². The lowest BCUT2D eigenvalue weighted by atomic mass is 10.00. The molecule has 0 aromatic heterocycles. The maximum Gasteiger partial charge on any atom is 0.150 e. The second-order valence-electron chi connectivity index (χ2n) is 4.29. The van der Waals surface area contributed by atoms with Gasteiger partial charge in [-0.25, -0.2) is 4.39 Å². The highest BCUT2D eigenvalue weighted by Crippen LogP contribution is 2.25. The lowest BCUT2D eigenvalue weighted by Gasteiger charge is -2.13. The van der Waals surface area contributed by atoms with E-state index in [-0.39, 0.29) is 5.82 Å². The summed E-state index contributed by atoms with van der Waals surface area (Å²) in [6, 6.07) is 11.8. The van der Waals surface area contributed by atoms with Crippen molar-refractivity contribution in [1.29, 1.82) is 0 Å². The number of rotatable bonds is 3. The Morgan fingerprint density at radius 1 is 1.06 bits per heavy atom. The summed E-state index contributed by atoms with van der Waals surface area (Å²) >= 11 is 0. The van der Waals surface area contributed by atoms with Gasteiger partial charge in [-0.05, 0) is 41.5 Å². The Kier molecular flexibility index (Phi) is 3.42. The van der Waals surface area contributed by atoms with Crippen molar-refractivity contribution in [2.75, 3.05) is 19.0 Å². The van der Waals surface area contributed by atoms with Gasteiger partial charge in [0.1, 0.15) is 5.82 Å². The number of anilines is 1. The van der Waals surface area contributed by atoms with Crippen LogP contribution in [-0.4, -0.2) is 20.4 Å². The Hall–Kier alpha value is -2.16. The minimum atomic E-state index is -0.340. The van der Waals surface area contributed by atoms with Crippen LogP contribution in [-0.2, 0) is 0 Å². The van der Waals surface area contributed by atoms with Gasteiger partial charge < -0.3 is 4.90 Å². The van der Waals surface area contributed by atoms with Gasteiger partial charge in [-0.3, -0.25) is 4.79 Å². The number of benzene rings is 2. The summed E-state index contributed by atoms with van der Waals surface area (Å²) in [6.45, 7) is 0. The average Bonchev–Trinajstić information content (AvgIpc) is 2.39. The second kappa shape index (κ2) is 5.00. The van der Waals surface area contributed by atoms with Gasteiger partial charge in [0.15, 0.2) is 6.29 Å². The Morgan fingerprint density at radius 3 is 2.28 bits per heavy atom. The Bertz CT molecular complexity index is 561. The summed E-state index contributed by atoms with van der Waals surface area (Å²) in [5, 5.41) is 0. The van der Waals surface area contributed by atoms with Crippen LogP contribution in [0.4, 0.5) is 10.1 Å². The van der Waals surface area contributed by atoms with E-state index >= 15 is 0 Å². The highest BCUT2D eigenvalue weighted by molar-refractivity contribution is 5.87. The first-order valence-electron chi connectivity index (χ1n) is 5.64. The molecule has 2 rings (SSSR count). The molecule has 2 aromatic rings. The van der Waals surface area contributed by atoms with E-state index in [1.54, 1.807) is 0 Å². The molecule has 2 nitrogen and oxygen atoms in total. The third-order valence-electron chi connectivity index (χ3n) is 2.84. The quantitative estimate of drug-likeness (QED) is 0.770. The SMILES string of the molecule is CN(C)c1ccc(-c2cc(F)ccc2C=O)cc1. The highest BCUT2D eigenvalue weighted by atomic mass is 19.1. The molecule has 0 unspecified atom stereocenters. The molecule has 0 saturated carbocycles. The third kappa shape index (κ3) is 2.40. The first-order chi connectivity index (χ1) is 8.61. The zero-order chi connectivity index (χ0) is 13.1. The topological polar surface area (TPSA) is 20.3 Å². The molecular weight excluding hydrogens is 229 g/mol. The van der Waals surface area contributed by atoms with Gasteiger partial charge in [0, 0.05) is 25.3 Å². The standard InChI is InChI=1S/C15H14FNO/c1-17(2)14-7-4-11(5-8-14)15-9-13(16)6-3-12(15)10-18/h3-10H,1-2H3. The summed E-state index contributed by atoms with van der Waals surface area (Å²) in [7, 11) is 3.90. The van der Waals surface area contributed by atoms with E-state index in [1.807, 2.05) is 43.3 Å². The predicted octanol–water partition coefficient (Wildman–Crippen LogP) is 3.37. The molecule has 2 aromatic carbocycles. The average molecular weight is 243 g/mol. The van der Waals surface area contributed by atoms with Crippen molar-refractivity contribution in [2.24, 2.45) is 0 Å². The van der Waals surface area contributed by atoms with Gasteiger partial charge in [-0.1, -0.05) is 12.1 Å². The number of nitrogens with zero attached hydrogens (tertiary/aromatic N) is 1. The normalized spacial score (nSPS) is 10.2. The van der Waals surface area contributed by atoms with E-state index in [0.717, 1.165) is 17.5 Å². The van der Waals surface area contributed by atoms with E-state index < -0.39 is 0 Å². The Labute approximate surface area is 106 Å². The first kappa shape index (κ1) is 12.3. The van der Waals surface area contributed by atoms with Crippen molar-refractivity contribution >= 4 is 12.0 Å². The molecule has 0 spiro atoms. The van der Waals surface area contributed by atoms with Gasteiger partial charge in [0.2, 0.25) is 0 Å². The molecule has 0 saturated heterocycles. The molecule has 0 atom stereocenters. The van der Waals surface area contributed by atoms with Crippen molar-refractivity contribution < 1.29 is 9.18 Å². The number of hydrogen-bond acceptors (Lipinski definition) is 2.